The third-order valence-corrected chi connectivity index (χ3v) is 6.81. The second-order valence-electron chi connectivity index (χ2n) is 8.52. The highest BCUT2D eigenvalue weighted by atomic mass is 35.5. The van der Waals surface area contributed by atoms with Gasteiger partial charge in [-0.15, -0.1) is 0 Å². The molecule has 0 aliphatic carbocycles. The van der Waals surface area contributed by atoms with E-state index >= 15 is 0 Å². The van der Waals surface area contributed by atoms with E-state index in [1.807, 2.05) is 0 Å². The molecule has 192 valence electrons. The normalized spacial score (nSPS) is 25.2. The first-order chi connectivity index (χ1) is 17.0. The van der Waals surface area contributed by atoms with Gasteiger partial charge in [-0.1, -0.05) is 17.7 Å². The maximum atomic E-state index is 12.5. The summed E-state index contributed by atoms with van der Waals surface area (Å²) in [5.41, 5.74) is 6.29. The van der Waals surface area contributed by atoms with Crippen molar-refractivity contribution in [3.8, 4) is 5.75 Å². The van der Waals surface area contributed by atoms with Crippen LogP contribution >= 0.6 is 11.6 Å². The van der Waals surface area contributed by atoms with E-state index in [4.69, 9.17) is 35.7 Å². The van der Waals surface area contributed by atoms with Gasteiger partial charge in [-0.2, -0.15) is 8.42 Å². The van der Waals surface area contributed by atoms with Gasteiger partial charge >= 0.3 is 10.3 Å². The Morgan fingerprint density at radius 1 is 1.28 bits per heavy atom. The fourth-order valence-corrected chi connectivity index (χ4v) is 5.01. The first-order valence-corrected chi connectivity index (χ1v) is 12.4. The number of aromatic nitrogens is 4. The van der Waals surface area contributed by atoms with E-state index < -0.39 is 58.9 Å². The number of benzene rings is 1. The van der Waals surface area contributed by atoms with Crippen molar-refractivity contribution in [1.29, 1.82) is 0 Å². The van der Waals surface area contributed by atoms with Crippen molar-refractivity contribution in [1.82, 2.24) is 24.2 Å². The van der Waals surface area contributed by atoms with E-state index in [-0.39, 0.29) is 16.4 Å². The van der Waals surface area contributed by atoms with Crippen LogP contribution in [0.3, 0.4) is 0 Å². The van der Waals surface area contributed by atoms with Crippen molar-refractivity contribution >= 4 is 44.8 Å². The molecule has 0 bridgehead atoms. The Morgan fingerprint density at radius 3 is 2.81 bits per heavy atom. The number of phenols is 1. The number of aromatic hydroxyl groups is 1. The van der Waals surface area contributed by atoms with Crippen LogP contribution in [0.1, 0.15) is 30.4 Å². The van der Waals surface area contributed by atoms with Crippen LogP contribution in [0.25, 0.3) is 11.2 Å². The molecule has 0 unspecified atom stereocenters. The Kier molecular flexibility index (Phi) is 6.01. The van der Waals surface area contributed by atoms with Crippen molar-refractivity contribution in [2.45, 2.75) is 44.2 Å². The minimum atomic E-state index is -4.60. The number of nitrogen functional groups attached to an aromatic ring is 1. The second kappa shape index (κ2) is 8.79. The zero-order chi connectivity index (χ0) is 25.8. The number of phenolic OH excluding ortho intramolecular Hbond substituents is 1. The number of hydrogen-bond donors (Lipinski definition) is 3. The molecular weight excluding hydrogens is 520 g/mol. The van der Waals surface area contributed by atoms with Crippen LogP contribution in [0.5, 0.6) is 5.75 Å². The fourth-order valence-electron chi connectivity index (χ4n) is 4.13. The molecule has 2 fully saturated rings. The van der Waals surface area contributed by atoms with Gasteiger partial charge in [0.05, 0.1) is 23.5 Å². The summed E-state index contributed by atoms with van der Waals surface area (Å²) in [6.45, 7) is 2.91. The summed E-state index contributed by atoms with van der Waals surface area (Å²) in [5, 5.41) is 9.81. The number of ether oxygens (including phenoxy) is 3. The molecule has 0 saturated carbocycles. The molecule has 3 aromatic rings. The molecule has 2 aliphatic rings. The fraction of sp³-hybridized carbons (Fsp3) is 0.400. The van der Waals surface area contributed by atoms with Crippen LogP contribution in [-0.4, -0.2) is 69.7 Å². The smallest absolute Gasteiger partial charge is 0.362 e. The summed E-state index contributed by atoms with van der Waals surface area (Å²) in [6.07, 6.45) is -0.349. The monoisotopic (exact) mass is 540 g/mol. The molecule has 2 aromatic heterocycles. The molecule has 36 heavy (non-hydrogen) atoms. The predicted molar refractivity (Wildman–Crippen MR) is 123 cm³/mol. The minimum Gasteiger partial charge on any atom is -0.506 e. The van der Waals surface area contributed by atoms with E-state index in [2.05, 4.69) is 15.0 Å². The lowest BCUT2D eigenvalue weighted by Gasteiger charge is -2.24. The van der Waals surface area contributed by atoms with Crippen LogP contribution in [-0.2, 0) is 28.7 Å². The van der Waals surface area contributed by atoms with Crippen molar-refractivity contribution < 1.29 is 36.7 Å². The second-order valence-corrected chi connectivity index (χ2v) is 10.3. The van der Waals surface area contributed by atoms with E-state index in [1.165, 1.54) is 30.9 Å². The molecule has 4 heterocycles. The molecule has 2 saturated heterocycles. The van der Waals surface area contributed by atoms with Gasteiger partial charge in [0.1, 0.15) is 35.9 Å². The molecule has 4 atom stereocenters. The van der Waals surface area contributed by atoms with Gasteiger partial charge in [0.25, 0.3) is 5.91 Å². The zero-order valence-electron chi connectivity index (χ0n) is 18.9. The van der Waals surface area contributed by atoms with Crippen LogP contribution in [0.15, 0.2) is 30.9 Å². The van der Waals surface area contributed by atoms with E-state index in [1.54, 1.807) is 23.1 Å². The number of carbonyl (C=O) groups is 1. The highest BCUT2D eigenvalue weighted by Gasteiger charge is 2.56. The average molecular weight is 541 g/mol. The molecule has 1 amide bonds. The Hall–Kier alpha value is -3.08. The van der Waals surface area contributed by atoms with E-state index in [9.17, 15) is 18.3 Å². The standard InChI is InChI=1S/C20H21ClN6O8S/c1-20(2)34-14-11(6-32-36(30,31)26-18(29)9-4-3-5-10(21)13(9)28)33-19(15(14)35-20)27-8-25-12-16(22)23-7-24-17(12)27/h3-5,7-8,11,14-15,19,28H,6H2,1-2H3,(H,26,29)(H2,22,23,24)/t11-,14-,15-,19-/m1/s1. The average Bonchev–Trinajstić information content (AvgIpc) is 3.45. The Bertz CT molecular complexity index is 1450. The van der Waals surface area contributed by atoms with Crippen molar-refractivity contribution in [3.05, 3.63) is 41.4 Å². The summed E-state index contributed by atoms with van der Waals surface area (Å²) in [6, 6.07) is 3.94. The molecule has 1 aromatic carbocycles. The Balaban J connectivity index is 1.34. The minimum absolute atomic E-state index is 0.113. The largest absolute Gasteiger partial charge is 0.506 e. The third-order valence-electron chi connectivity index (χ3n) is 5.62. The number of amides is 1. The molecule has 4 N–H and O–H groups in total. The number of anilines is 1. The maximum Gasteiger partial charge on any atom is 0.362 e. The van der Waals surface area contributed by atoms with Gasteiger partial charge in [0, 0.05) is 0 Å². The van der Waals surface area contributed by atoms with Crippen LogP contribution in [0.2, 0.25) is 5.02 Å². The van der Waals surface area contributed by atoms with Crippen molar-refractivity contribution in [2.75, 3.05) is 12.3 Å². The lowest BCUT2D eigenvalue weighted by atomic mass is 10.1. The van der Waals surface area contributed by atoms with Crippen molar-refractivity contribution in [2.24, 2.45) is 0 Å². The third kappa shape index (κ3) is 4.44. The van der Waals surface area contributed by atoms with Crippen LogP contribution in [0.4, 0.5) is 5.82 Å². The van der Waals surface area contributed by atoms with E-state index in [0.717, 1.165) is 0 Å². The number of rotatable bonds is 6. The Labute approximate surface area is 209 Å². The number of nitrogens with zero attached hydrogens (tertiary/aromatic N) is 4. The number of carbonyl (C=O) groups excluding carboxylic acids is 1. The highest BCUT2D eigenvalue weighted by molar-refractivity contribution is 7.85. The molecular formula is C20H21ClN6O8S. The van der Waals surface area contributed by atoms with Gasteiger partial charge in [0.15, 0.2) is 23.5 Å². The summed E-state index contributed by atoms with van der Waals surface area (Å²) < 4.78 is 51.3. The van der Waals surface area contributed by atoms with Gasteiger partial charge in [0.2, 0.25) is 0 Å². The van der Waals surface area contributed by atoms with Crippen molar-refractivity contribution in [3.63, 3.8) is 0 Å². The summed E-state index contributed by atoms with van der Waals surface area (Å²) in [7, 11) is -4.60. The molecule has 0 radical (unpaired) electrons. The summed E-state index contributed by atoms with van der Waals surface area (Å²) >= 11 is 5.78. The predicted octanol–water partition coefficient (Wildman–Crippen LogP) is 0.876. The number of nitrogens with one attached hydrogen (secondary N) is 1. The molecule has 5 rings (SSSR count). The molecule has 14 nitrogen and oxygen atoms in total. The molecule has 0 spiro atoms. The number of nitrogens with two attached hydrogens (primary N) is 1. The maximum absolute atomic E-state index is 12.5. The molecule has 2 aliphatic heterocycles. The first kappa shape index (κ1) is 24.6. The summed E-state index contributed by atoms with van der Waals surface area (Å²) in [4.78, 5) is 24.7. The summed E-state index contributed by atoms with van der Waals surface area (Å²) in [5.74, 6) is -2.49. The van der Waals surface area contributed by atoms with Crippen LogP contribution < -0.4 is 10.5 Å². The van der Waals surface area contributed by atoms with Gasteiger partial charge in [-0.25, -0.2) is 19.7 Å². The topological polar surface area (TPSA) is 190 Å². The highest BCUT2D eigenvalue weighted by Crippen LogP contribution is 2.44. The number of imidazole rings is 1. The number of hydrogen-bond acceptors (Lipinski definition) is 12. The molecule has 16 heteroatoms. The lowest BCUT2D eigenvalue weighted by molar-refractivity contribution is -0.198. The number of halogens is 1. The van der Waals surface area contributed by atoms with Crippen LogP contribution in [0, 0.1) is 0 Å². The quantitative estimate of drug-likeness (QED) is 0.400. The van der Waals surface area contributed by atoms with Gasteiger partial charge < -0.3 is 25.1 Å². The number of fused-ring (bicyclic) bond motifs is 2. The lowest BCUT2D eigenvalue weighted by Crippen LogP contribution is -2.37. The number of para-hydroxylation sites is 1. The van der Waals surface area contributed by atoms with Gasteiger partial charge in [-0.05, 0) is 26.0 Å². The first-order valence-electron chi connectivity index (χ1n) is 10.6. The van der Waals surface area contributed by atoms with Gasteiger partial charge in [-0.3, -0.25) is 13.5 Å². The zero-order valence-corrected chi connectivity index (χ0v) is 20.4. The SMILES string of the molecule is CC1(C)O[C@@H]2[C@H](O1)[C@@H](COS(=O)(=O)NC(=O)c1cccc(Cl)c1O)O[C@H]2n1cnc2c(N)ncnc21. The Morgan fingerprint density at radius 2 is 2.03 bits per heavy atom. The van der Waals surface area contributed by atoms with E-state index in [0.29, 0.717) is 11.2 Å².